The van der Waals surface area contributed by atoms with Crippen LogP contribution in [-0.2, 0) is 64.4 Å². The molecular formula is C54H73N3O8. The average Bonchev–Trinajstić information content (AvgIpc) is 3.34. The summed E-state index contributed by atoms with van der Waals surface area (Å²) in [7, 11) is 0. The summed E-state index contributed by atoms with van der Waals surface area (Å²) >= 11 is 0. The van der Waals surface area contributed by atoms with Gasteiger partial charge in [-0.15, -0.1) is 0 Å². The summed E-state index contributed by atoms with van der Waals surface area (Å²) in [5, 5.41) is 4.28. The van der Waals surface area contributed by atoms with Crippen LogP contribution in [0.1, 0.15) is 126 Å². The van der Waals surface area contributed by atoms with E-state index >= 15 is 0 Å². The van der Waals surface area contributed by atoms with Crippen molar-refractivity contribution in [2.45, 2.75) is 173 Å². The molecule has 1 saturated heterocycles. The zero-order valence-electron chi connectivity index (χ0n) is 38.8. The van der Waals surface area contributed by atoms with Crippen molar-refractivity contribution >= 4 is 5.97 Å². The highest BCUT2D eigenvalue weighted by atomic mass is 16.7. The van der Waals surface area contributed by atoms with Gasteiger partial charge in [0, 0.05) is 11.8 Å². The molecule has 5 rings (SSSR count). The van der Waals surface area contributed by atoms with Crippen LogP contribution < -0.4 is 0 Å². The number of rotatable bonds is 33. The van der Waals surface area contributed by atoms with Crippen LogP contribution in [0.4, 0.5) is 0 Å². The molecule has 0 N–H and O–H groups in total. The molecule has 0 amide bonds. The third-order valence-corrected chi connectivity index (χ3v) is 11.9. The normalized spacial score (nSPS) is 19.3. The summed E-state index contributed by atoms with van der Waals surface area (Å²) in [6.07, 6.45) is 12.5. The Hall–Kier alpha value is -4.58. The number of nitrogens with zero attached hydrogens (tertiary/aromatic N) is 3. The maximum atomic E-state index is 12.3. The van der Waals surface area contributed by atoms with Crippen LogP contribution in [0.25, 0.3) is 10.4 Å². The fraction of sp³-hybridized carbons (Fsp3) is 0.537. The van der Waals surface area contributed by atoms with Gasteiger partial charge in [-0.05, 0) is 34.2 Å². The van der Waals surface area contributed by atoms with Crippen LogP contribution in [0.5, 0.6) is 0 Å². The van der Waals surface area contributed by atoms with Crippen molar-refractivity contribution in [2.24, 2.45) is 5.11 Å². The molecule has 1 aliphatic heterocycles. The second kappa shape index (κ2) is 31.4. The smallest absolute Gasteiger partial charge is 0.302 e. The molecule has 0 bridgehead atoms. The topological polar surface area (TPSA) is 130 Å². The van der Waals surface area contributed by atoms with E-state index in [1.165, 1.54) is 71.1 Å². The Morgan fingerprint density at radius 3 is 1.48 bits per heavy atom. The van der Waals surface area contributed by atoms with Gasteiger partial charge in [-0.2, -0.15) is 0 Å². The minimum atomic E-state index is -1.03. The molecule has 0 unspecified atom stereocenters. The molecule has 0 saturated carbocycles. The van der Waals surface area contributed by atoms with Crippen LogP contribution >= 0.6 is 0 Å². The molecule has 0 aromatic heterocycles. The van der Waals surface area contributed by atoms with Crippen molar-refractivity contribution in [2.75, 3.05) is 13.2 Å². The molecule has 1 heterocycles. The molecule has 65 heavy (non-hydrogen) atoms. The minimum Gasteiger partial charge on any atom is -0.463 e. The molecule has 0 aliphatic carbocycles. The van der Waals surface area contributed by atoms with Gasteiger partial charge in [0.1, 0.15) is 31.0 Å². The molecule has 7 atom stereocenters. The average molecular weight is 892 g/mol. The molecule has 1 fully saturated rings. The number of benzene rings is 4. The molecule has 0 radical (unpaired) electrons. The lowest BCUT2D eigenvalue weighted by atomic mass is 9.97. The number of carbonyl (C=O) groups excluding carboxylic acids is 1. The van der Waals surface area contributed by atoms with Crippen molar-refractivity contribution in [3.8, 4) is 0 Å². The van der Waals surface area contributed by atoms with Gasteiger partial charge in [0.25, 0.3) is 0 Å². The van der Waals surface area contributed by atoms with Gasteiger partial charge >= 0.3 is 5.97 Å². The first kappa shape index (κ1) is 51.4. The van der Waals surface area contributed by atoms with Gasteiger partial charge < -0.3 is 33.2 Å². The summed E-state index contributed by atoms with van der Waals surface area (Å²) in [6.45, 7) is 4.62. The van der Waals surface area contributed by atoms with Crippen LogP contribution in [0.2, 0.25) is 0 Å². The number of ether oxygens (including phenoxy) is 7. The monoisotopic (exact) mass is 892 g/mol. The van der Waals surface area contributed by atoms with E-state index < -0.39 is 48.8 Å². The summed E-state index contributed by atoms with van der Waals surface area (Å²) in [5.74, 6) is -0.452. The van der Waals surface area contributed by atoms with E-state index in [0.717, 1.165) is 41.5 Å². The van der Waals surface area contributed by atoms with Crippen molar-refractivity contribution in [1.82, 2.24) is 0 Å². The number of hydrogen-bond acceptors (Lipinski definition) is 9. The fourth-order valence-electron chi connectivity index (χ4n) is 8.22. The number of esters is 1. The summed E-state index contributed by atoms with van der Waals surface area (Å²) in [4.78, 5) is 15.5. The fourth-order valence-corrected chi connectivity index (χ4v) is 8.22. The second-order valence-corrected chi connectivity index (χ2v) is 17.1. The lowest BCUT2D eigenvalue weighted by Crippen LogP contribution is -2.62. The minimum absolute atomic E-state index is 0.0148. The Morgan fingerprint density at radius 2 is 1.02 bits per heavy atom. The summed E-state index contributed by atoms with van der Waals surface area (Å²) < 4.78 is 45.9. The van der Waals surface area contributed by atoms with E-state index in [0.29, 0.717) is 13.0 Å². The van der Waals surface area contributed by atoms with E-state index in [-0.39, 0.29) is 33.0 Å². The van der Waals surface area contributed by atoms with E-state index in [1.807, 2.05) is 121 Å². The quantitative estimate of drug-likeness (QED) is 0.0152. The van der Waals surface area contributed by atoms with Crippen molar-refractivity contribution in [3.05, 3.63) is 154 Å². The molecule has 4 aromatic carbocycles. The first-order valence-corrected chi connectivity index (χ1v) is 24.1. The molecule has 0 spiro atoms. The summed E-state index contributed by atoms with van der Waals surface area (Å²) in [5.41, 5.74) is 13.8. The number of unbranched alkanes of at least 4 members (excludes halogenated alkanes) is 12. The highest BCUT2D eigenvalue weighted by Crippen LogP contribution is 2.32. The van der Waals surface area contributed by atoms with Gasteiger partial charge in [-0.1, -0.05) is 217 Å². The highest BCUT2D eigenvalue weighted by molar-refractivity contribution is 5.65. The molecule has 11 heteroatoms. The molecule has 1 aliphatic rings. The van der Waals surface area contributed by atoms with Crippen LogP contribution in [0, 0.1) is 0 Å². The first-order chi connectivity index (χ1) is 32.0. The predicted octanol–water partition coefficient (Wildman–Crippen LogP) is 12.8. The maximum Gasteiger partial charge on any atom is 0.302 e. The highest BCUT2D eigenvalue weighted by Gasteiger charge is 2.49. The number of azide groups is 1. The Kier molecular flexibility index (Phi) is 24.8. The van der Waals surface area contributed by atoms with Crippen LogP contribution in [0.15, 0.2) is 126 Å². The van der Waals surface area contributed by atoms with E-state index in [2.05, 4.69) is 16.9 Å². The summed E-state index contributed by atoms with van der Waals surface area (Å²) in [6, 6.07) is 39.0. The van der Waals surface area contributed by atoms with E-state index in [1.54, 1.807) is 0 Å². The largest absolute Gasteiger partial charge is 0.463 e. The van der Waals surface area contributed by atoms with E-state index in [4.69, 9.17) is 33.2 Å². The Bertz CT molecular complexity index is 1870. The van der Waals surface area contributed by atoms with Gasteiger partial charge in [-0.3, -0.25) is 4.79 Å². The van der Waals surface area contributed by atoms with Crippen molar-refractivity contribution in [3.63, 3.8) is 0 Å². The predicted molar refractivity (Wildman–Crippen MR) is 255 cm³/mol. The first-order valence-electron chi connectivity index (χ1n) is 24.1. The van der Waals surface area contributed by atoms with Crippen LogP contribution in [-0.4, -0.2) is 62.0 Å². The molecule has 4 aromatic rings. The number of carbonyl (C=O) groups is 1. The van der Waals surface area contributed by atoms with Crippen molar-refractivity contribution < 1.29 is 38.0 Å². The standard InChI is InChI=1S/C54H73N3O8/c1-3-4-5-6-7-8-9-10-11-12-13-14-27-36-49(60-37-44-28-19-15-20-29-44)48(56-57-55)41-64-54-53(63-40-47-34-25-18-26-35-47)52(62-39-46-32-23-17-24-33-46)51(50(65-54)42-59-43(2)58)61-38-45-30-21-16-22-31-45/h15-26,28-35,48-54H,3-14,27,36-42H2,1-2H3/t48-,49+,50+,51-,52-,53+,54-/m0/s1. The van der Waals surface area contributed by atoms with Gasteiger partial charge in [0.05, 0.1) is 45.2 Å². The maximum absolute atomic E-state index is 12.3. The second-order valence-electron chi connectivity index (χ2n) is 17.1. The van der Waals surface area contributed by atoms with Gasteiger partial charge in [0.15, 0.2) is 6.29 Å². The lowest BCUT2D eigenvalue weighted by Gasteiger charge is -2.46. The zero-order valence-corrected chi connectivity index (χ0v) is 38.8. The Morgan fingerprint density at radius 1 is 0.585 bits per heavy atom. The number of hydrogen-bond donors (Lipinski definition) is 0. The van der Waals surface area contributed by atoms with Crippen LogP contribution in [0.3, 0.4) is 0 Å². The zero-order chi connectivity index (χ0) is 45.6. The SMILES string of the molecule is CCCCCCCCCCCCCCC[C@@H](OCc1ccccc1)[C@H](CO[C@H]1O[C@H](COC(C)=O)[C@H](OCc2ccccc2)[C@H](OCc2ccccc2)[C@H]1OCc1ccccc1)N=[N+]=[N-]. The molecule has 352 valence electrons. The molecular weight excluding hydrogens is 819 g/mol. The molecule has 11 nitrogen and oxygen atoms in total. The van der Waals surface area contributed by atoms with Crippen molar-refractivity contribution in [1.29, 1.82) is 0 Å². The Balaban J connectivity index is 1.33. The third-order valence-electron chi connectivity index (χ3n) is 11.9. The third kappa shape index (κ3) is 19.8. The van der Waals surface area contributed by atoms with E-state index in [9.17, 15) is 10.3 Å². The van der Waals surface area contributed by atoms with Gasteiger partial charge in [-0.25, -0.2) is 0 Å². The Labute approximate surface area is 388 Å². The lowest BCUT2D eigenvalue weighted by molar-refractivity contribution is -0.328. The van der Waals surface area contributed by atoms with Gasteiger partial charge in [0.2, 0.25) is 0 Å².